The van der Waals surface area contributed by atoms with E-state index in [1.54, 1.807) is 18.2 Å². The molecular formula is C13H18F3NO3. The molecule has 0 aliphatic rings. The number of methoxy groups -OCH3 is 1. The van der Waals surface area contributed by atoms with Crippen molar-refractivity contribution in [2.45, 2.75) is 19.1 Å². The Morgan fingerprint density at radius 1 is 1.10 bits per heavy atom. The van der Waals surface area contributed by atoms with Gasteiger partial charge in [0.1, 0.15) is 18.1 Å². The van der Waals surface area contributed by atoms with Crippen molar-refractivity contribution < 1.29 is 27.4 Å². The van der Waals surface area contributed by atoms with E-state index in [4.69, 9.17) is 15.2 Å². The van der Waals surface area contributed by atoms with Gasteiger partial charge < -0.3 is 19.9 Å². The molecule has 0 unspecified atom stereocenters. The molecule has 20 heavy (non-hydrogen) atoms. The monoisotopic (exact) mass is 293 g/mol. The second kappa shape index (κ2) is 7.96. The number of hydrogen-bond acceptors (Lipinski definition) is 4. The van der Waals surface area contributed by atoms with Gasteiger partial charge in [0.2, 0.25) is 0 Å². The lowest BCUT2D eigenvalue weighted by atomic mass is 10.2. The Hall–Kier alpha value is -1.47. The van der Waals surface area contributed by atoms with E-state index < -0.39 is 12.8 Å². The maximum Gasteiger partial charge on any atom is 0.411 e. The number of rotatable bonds is 8. The fourth-order valence-corrected chi connectivity index (χ4v) is 1.49. The Morgan fingerprint density at radius 3 is 2.40 bits per heavy atom. The van der Waals surface area contributed by atoms with E-state index in [0.717, 1.165) is 5.56 Å². The fourth-order valence-electron chi connectivity index (χ4n) is 1.49. The molecule has 1 aromatic rings. The maximum atomic E-state index is 11.8. The van der Waals surface area contributed by atoms with E-state index in [1.165, 1.54) is 7.11 Å². The van der Waals surface area contributed by atoms with Crippen molar-refractivity contribution in [1.29, 1.82) is 0 Å². The van der Waals surface area contributed by atoms with Crippen molar-refractivity contribution in [3.05, 3.63) is 23.8 Å². The van der Waals surface area contributed by atoms with Gasteiger partial charge in [-0.05, 0) is 17.7 Å². The second-order valence-corrected chi connectivity index (χ2v) is 4.09. The first-order valence-electron chi connectivity index (χ1n) is 6.10. The van der Waals surface area contributed by atoms with Crippen LogP contribution in [-0.4, -0.2) is 33.1 Å². The van der Waals surface area contributed by atoms with Crippen LogP contribution in [0, 0.1) is 0 Å². The summed E-state index contributed by atoms with van der Waals surface area (Å²) < 4.78 is 50.4. The van der Waals surface area contributed by atoms with Gasteiger partial charge in [-0.3, -0.25) is 0 Å². The van der Waals surface area contributed by atoms with Crippen LogP contribution in [0.5, 0.6) is 11.5 Å². The molecule has 2 N–H and O–H groups in total. The lowest BCUT2D eigenvalue weighted by molar-refractivity contribution is -0.174. The van der Waals surface area contributed by atoms with Crippen LogP contribution in [0.1, 0.15) is 12.0 Å². The zero-order chi connectivity index (χ0) is 15.0. The van der Waals surface area contributed by atoms with Gasteiger partial charge in [-0.15, -0.1) is 0 Å². The number of nitrogens with two attached hydrogens (primary N) is 1. The van der Waals surface area contributed by atoms with Crippen molar-refractivity contribution in [3.63, 3.8) is 0 Å². The summed E-state index contributed by atoms with van der Waals surface area (Å²) in [5.74, 6) is 1.19. The molecule has 1 rings (SSSR count). The normalized spacial score (nSPS) is 11.4. The van der Waals surface area contributed by atoms with Gasteiger partial charge in [0, 0.05) is 19.0 Å². The van der Waals surface area contributed by atoms with Gasteiger partial charge in [-0.1, -0.05) is 0 Å². The molecule has 0 atom stereocenters. The van der Waals surface area contributed by atoms with E-state index in [9.17, 15) is 13.2 Å². The van der Waals surface area contributed by atoms with E-state index in [2.05, 4.69) is 4.74 Å². The summed E-state index contributed by atoms with van der Waals surface area (Å²) in [6.07, 6.45) is -3.92. The number of benzene rings is 1. The van der Waals surface area contributed by atoms with Crippen molar-refractivity contribution in [2.75, 3.05) is 26.9 Å². The Kier molecular flexibility index (Phi) is 6.60. The summed E-state index contributed by atoms with van der Waals surface area (Å²) in [6, 6.07) is 5.24. The zero-order valence-corrected chi connectivity index (χ0v) is 11.2. The molecule has 4 nitrogen and oxygen atoms in total. The van der Waals surface area contributed by atoms with Gasteiger partial charge in [-0.25, -0.2) is 0 Å². The predicted molar refractivity (Wildman–Crippen MR) is 67.9 cm³/mol. The summed E-state index contributed by atoms with van der Waals surface area (Å²) in [7, 11) is 1.53. The molecule has 0 bridgehead atoms. The lowest BCUT2D eigenvalue weighted by Crippen LogP contribution is -2.18. The molecule has 0 heterocycles. The predicted octanol–water partition coefficient (Wildman–Crippen LogP) is 2.50. The van der Waals surface area contributed by atoms with Crippen LogP contribution < -0.4 is 15.2 Å². The van der Waals surface area contributed by atoms with Gasteiger partial charge in [-0.2, -0.15) is 13.2 Å². The van der Waals surface area contributed by atoms with Crippen molar-refractivity contribution in [3.8, 4) is 11.5 Å². The van der Waals surface area contributed by atoms with Crippen LogP contribution in [-0.2, 0) is 11.3 Å². The van der Waals surface area contributed by atoms with Gasteiger partial charge in [0.15, 0.2) is 0 Å². The maximum absolute atomic E-state index is 11.8. The smallest absolute Gasteiger partial charge is 0.411 e. The van der Waals surface area contributed by atoms with Crippen LogP contribution >= 0.6 is 0 Å². The van der Waals surface area contributed by atoms with E-state index in [0.29, 0.717) is 24.5 Å². The molecule has 0 saturated carbocycles. The fraction of sp³-hybridized carbons (Fsp3) is 0.538. The Labute approximate surface area is 115 Å². The quantitative estimate of drug-likeness (QED) is 0.748. The van der Waals surface area contributed by atoms with Gasteiger partial charge in [0.05, 0.1) is 20.3 Å². The van der Waals surface area contributed by atoms with Crippen LogP contribution in [0.25, 0.3) is 0 Å². The number of hydrogen-bond donors (Lipinski definition) is 1. The summed E-state index contributed by atoms with van der Waals surface area (Å²) in [4.78, 5) is 0. The molecular weight excluding hydrogens is 275 g/mol. The minimum atomic E-state index is -4.29. The molecule has 0 aliphatic carbocycles. The zero-order valence-electron chi connectivity index (χ0n) is 11.2. The summed E-state index contributed by atoms with van der Waals surface area (Å²) in [5.41, 5.74) is 6.39. The van der Waals surface area contributed by atoms with E-state index in [1.807, 2.05) is 0 Å². The van der Waals surface area contributed by atoms with E-state index >= 15 is 0 Å². The second-order valence-electron chi connectivity index (χ2n) is 4.09. The highest BCUT2D eigenvalue weighted by Crippen LogP contribution is 2.22. The summed E-state index contributed by atoms with van der Waals surface area (Å²) in [6.45, 7) is -0.631. The number of halogens is 3. The SMILES string of the molecule is COc1cc(CN)cc(OCCCOCC(F)(F)F)c1. The molecule has 0 radical (unpaired) electrons. The molecule has 0 spiro atoms. The van der Waals surface area contributed by atoms with Crippen LogP contribution in [0.3, 0.4) is 0 Å². The molecule has 114 valence electrons. The Balaban J connectivity index is 2.31. The molecule has 7 heteroatoms. The molecule has 0 saturated heterocycles. The molecule has 0 aliphatic heterocycles. The first-order chi connectivity index (χ1) is 9.44. The summed E-state index contributed by atoms with van der Waals surface area (Å²) >= 11 is 0. The van der Waals surface area contributed by atoms with Crippen LogP contribution in [0.4, 0.5) is 13.2 Å². The highest BCUT2D eigenvalue weighted by Gasteiger charge is 2.27. The highest BCUT2D eigenvalue weighted by molar-refractivity contribution is 5.38. The average Bonchev–Trinajstić information content (AvgIpc) is 2.41. The van der Waals surface area contributed by atoms with Gasteiger partial charge >= 0.3 is 6.18 Å². The largest absolute Gasteiger partial charge is 0.497 e. The lowest BCUT2D eigenvalue weighted by Gasteiger charge is -2.11. The third kappa shape index (κ3) is 6.63. The Morgan fingerprint density at radius 2 is 1.80 bits per heavy atom. The Bertz CT molecular complexity index is 388. The van der Waals surface area contributed by atoms with Crippen molar-refractivity contribution in [2.24, 2.45) is 5.73 Å². The number of ether oxygens (including phenoxy) is 3. The molecule has 0 aromatic heterocycles. The third-order valence-corrected chi connectivity index (χ3v) is 2.38. The van der Waals surface area contributed by atoms with Crippen LogP contribution in [0.15, 0.2) is 18.2 Å². The standard InChI is InChI=1S/C13H18F3NO3/c1-18-11-5-10(8-17)6-12(7-11)20-4-2-3-19-9-13(14,15)16/h5-7H,2-4,8-9,17H2,1H3. The molecule has 0 fully saturated rings. The summed E-state index contributed by atoms with van der Waals surface area (Å²) in [5, 5.41) is 0. The molecule has 0 amide bonds. The van der Waals surface area contributed by atoms with Crippen LogP contribution in [0.2, 0.25) is 0 Å². The third-order valence-electron chi connectivity index (χ3n) is 2.38. The minimum absolute atomic E-state index is 0.00672. The number of alkyl halides is 3. The molecule has 1 aromatic carbocycles. The van der Waals surface area contributed by atoms with Crippen molar-refractivity contribution in [1.82, 2.24) is 0 Å². The average molecular weight is 293 g/mol. The van der Waals surface area contributed by atoms with Gasteiger partial charge in [0.25, 0.3) is 0 Å². The minimum Gasteiger partial charge on any atom is -0.497 e. The first-order valence-corrected chi connectivity index (χ1v) is 6.10. The first kappa shape index (κ1) is 16.6. The topological polar surface area (TPSA) is 53.7 Å². The highest BCUT2D eigenvalue weighted by atomic mass is 19.4. The van der Waals surface area contributed by atoms with E-state index in [-0.39, 0.29) is 13.2 Å². The van der Waals surface area contributed by atoms with Crippen molar-refractivity contribution >= 4 is 0 Å².